The number of aromatic amines is 1. The Hall–Kier alpha value is -3.29. The standard InChI is InChI=1S/C16H10F2N4O2/c17-10-2-4-14(11(18)6-10)23-7-15-21-16(22-24-15)9-1-3-12-13(5-9)20-8-19-12/h1-6,8H,7H2,(H,19,20). The first-order chi connectivity index (χ1) is 11.7. The van der Waals surface area contributed by atoms with E-state index in [1.54, 1.807) is 6.33 Å². The molecule has 4 aromatic rings. The monoisotopic (exact) mass is 328 g/mol. The van der Waals surface area contributed by atoms with Gasteiger partial charge in [0.1, 0.15) is 5.82 Å². The van der Waals surface area contributed by atoms with Gasteiger partial charge in [0, 0.05) is 11.6 Å². The minimum atomic E-state index is -0.792. The molecule has 0 unspecified atom stereocenters. The molecule has 24 heavy (non-hydrogen) atoms. The molecule has 120 valence electrons. The minimum Gasteiger partial charge on any atom is -0.481 e. The summed E-state index contributed by atoms with van der Waals surface area (Å²) >= 11 is 0. The molecule has 6 nitrogen and oxygen atoms in total. The Labute approximate surface area is 134 Å². The van der Waals surface area contributed by atoms with Crippen LogP contribution < -0.4 is 4.74 Å². The molecule has 1 N–H and O–H groups in total. The summed E-state index contributed by atoms with van der Waals surface area (Å²) in [6.07, 6.45) is 1.60. The third-order valence-electron chi connectivity index (χ3n) is 3.39. The first-order valence-electron chi connectivity index (χ1n) is 7.03. The number of fused-ring (bicyclic) bond motifs is 1. The first-order valence-corrected chi connectivity index (χ1v) is 7.03. The summed E-state index contributed by atoms with van der Waals surface area (Å²) in [6.45, 7) is -0.123. The molecule has 0 radical (unpaired) electrons. The average Bonchev–Trinajstić information content (AvgIpc) is 3.22. The molecule has 4 rings (SSSR count). The van der Waals surface area contributed by atoms with Crippen molar-refractivity contribution in [3.8, 4) is 17.1 Å². The predicted octanol–water partition coefficient (Wildman–Crippen LogP) is 3.47. The first kappa shape index (κ1) is 14.3. The molecule has 0 fully saturated rings. The van der Waals surface area contributed by atoms with E-state index in [2.05, 4.69) is 20.1 Å². The van der Waals surface area contributed by atoms with Crippen LogP contribution in [0, 0.1) is 11.6 Å². The van der Waals surface area contributed by atoms with Gasteiger partial charge in [0.05, 0.1) is 17.4 Å². The minimum absolute atomic E-state index is 0.0879. The van der Waals surface area contributed by atoms with Gasteiger partial charge in [0.2, 0.25) is 5.82 Å². The summed E-state index contributed by atoms with van der Waals surface area (Å²) in [7, 11) is 0. The van der Waals surface area contributed by atoms with Crippen molar-refractivity contribution in [2.75, 3.05) is 0 Å². The zero-order valence-corrected chi connectivity index (χ0v) is 12.2. The zero-order valence-electron chi connectivity index (χ0n) is 12.2. The quantitative estimate of drug-likeness (QED) is 0.621. The molecular formula is C16H10F2N4O2. The molecule has 2 heterocycles. The smallest absolute Gasteiger partial charge is 0.264 e. The number of nitrogens with zero attached hydrogens (tertiary/aromatic N) is 3. The Morgan fingerprint density at radius 3 is 2.92 bits per heavy atom. The number of halogens is 2. The van der Waals surface area contributed by atoms with Gasteiger partial charge in [-0.25, -0.2) is 13.8 Å². The van der Waals surface area contributed by atoms with Crippen LogP contribution in [0.3, 0.4) is 0 Å². The molecule has 8 heteroatoms. The number of ether oxygens (including phenoxy) is 1. The summed E-state index contributed by atoms with van der Waals surface area (Å²) in [4.78, 5) is 11.3. The molecule has 0 aliphatic heterocycles. The van der Waals surface area contributed by atoms with E-state index in [9.17, 15) is 8.78 Å². The molecule has 0 spiro atoms. The highest BCUT2D eigenvalue weighted by Crippen LogP contribution is 2.22. The van der Waals surface area contributed by atoms with Crippen molar-refractivity contribution >= 4 is 11.0 Å². The van der Waals surface area contributed by atoms with Crippen LogP contribution in [0.15, 0.2) is 47.2 Å². The van der Waals surface area contributed by atoms with Gasteiger partial charge in [-0.2, -0.15) is 4.98 Å². The van der Waals surface area contributed by atoms with Crippen LogP contribution in [0.2, 0.25) is 0 Å². The highest BCUT2D eigenvalue weighted by atomic mass is 19.1. The van der Waals surface area contributed by atoms with E-state index in [1.807, 2.05) is 18.2 Å². The Kier molecular flexibility index (Phi) is 3.42. The fourth-order valence-corrected chi connectivity index (χ4v) is 2.24. The molecule has 0 amide bonds. The van der Waals surface area contributed by atoms with Crippen LogP contribution in [-0.4, -0.2) is 20.1 Å². The second kappa shape index (κ2) is 5.73. The average molecular weight is 328 g/mol. The van der Waals surface area contributed by atoms with Crippen molar-refractivity contribution in [1.29, 1.82) is 0 Å². The van der Waals surface area contributed by atoms with Crippen LogP contribution in [0.4, 0.5) is 8.78 Å². The van der Waals surface area contributed by atoms with Gasteiger partial charge < -0.3 is 14.2 Å². The zero-order chi connectivity index (χ0) is 16.5. The van der Waals surface area contributed by atoms with Gasteiger partial charge in [-0.15, -0.1) is 0 Å². The highest BCUT2D eigenvalue weighted by Gasteiger charge is 2.12. The number of nitrogens with one attached hydrogen (secondary N) is 1. The second-order valence-electron chi connectivity index (χ2n) is 5.01. The maximum atomic E-state index is 13.5. The van der Waals surface area contributed by atoms with Gasteiger partial charge in [-0.05, 0) is 30.3 Å². The second-order valence-corrected chi connectivity index (χ2v) is 5.01. The third kappa shape index (κ3) is 2.69. The Morgan fingerprint density at radius 2 is 2.04 bits per heavy atom. The number of hydrogen-bond donors (Lipinski definition) is 1. The van der Waals surface area contributed by atoms with Gasteiger partial charge in [-0.3, -0.25) is 0 Å². The highest BCUT2D eigenvalue weighted by molar-refractivity contribution is 5.79. The number of H-pyrrole nitrogens is 1. The largest absolute Gasteiger partial charge is 0.481 e. The van der Waals surface area contributed by atoms with E-state index >= 15 is 0 Å². The van der Waals surface area contributed by atoms with Crippen molar-refractivity contribution < 1.29 is 18.0 Å². The van der Waals surface area contributed by atoms with Crippen molar-refractivity contribution in [3.05, 3.63) is 60.3 Å². The number of rotatable bonds is 4. The van der Waals surface area contributed by atoms with E-state index in [1.165, 1.54) is 6.07 Å². The van der Waals surface area contributed by atoms with Gasteiger partial charge in [-0.1, -0.05) is 5.16 Å². The van der Waals surface area contributed by atoms with E-state index in [-0.39, 0.29) is 18.2 Å². The summed E-state index contributed by atoms with van der Waals surface area (Å²) in [6, 6.07) is 8.55. The molecule has 2 aromatic carbocycles. The lowest BCUT2D eigenvalue weighted by Crippen LogP contribution is -1.98. The lowest BCUT2D eigenvalue weighted by molar-refractivity contribution is 0.234. The lowest BCUT2D eigenvalue weighted by Gasteiger charge is -2.03. The Balaban J connectivity index is 1.52. The Bertz CT molecular complexity index is 1010. The maximum Gasteiger partial charge on any atom is 0.264 e. The number of imidazole rings is 1. The van der Waals surface area contributed by atoms with Crippen LogP contribution in [-0.2, 0) is 6.61 Å². The molecule has 0 saturated carbocycles. The van der Waals surface area contributed by atoms with E-state index < -0.39 is 11.6 Å². The van der Waals surface area contributed by atoms with Crippen LogP contribution in [0.5, 0.6) is 5.75 Å². The van der Waals surface area contributed by atoms with Crippen molar-refractivity contribution in [3.63, 3.8) is 0 Å². The predicted molar refractivity (Wildman–Crippen MR) is 80.1 cm³/mol. The molecule has 0 aliphatic carbocycles. The van der Waals surface area contributed by atoms with Gasteiger partial charge >= 0.3 is 0 Å². The van der Waals surface area contributed by atoms with E-state index in [4.69, 9.17) is 9.26 Å². The lowest BCUT2D eigenvalue weighted by atomic mass is 10.2. The molecule has 0 saturated heterocycles. The third-order valence-corrected chi connectivity index (χ3v) is 3.39. The summed E-state index contributed by atoms with van der Waals surface area (Å²) in [5.41, 5.74) is 2.43. The molecule has 0 aliphatic rings. The van der Waals surface area contributed by atoms with Crippen LogP contribution in [0.25, 0.3) is 22.4 Å². The summed E-state index contributed by atoms with van der Waals surface area (Å²) in [5, 5.41) is 3.87. The normalized spacial score (nSPS) is 11.1. The number of benzene rings is 2. The summed E-state index contributed by atoms with van der Waals surface area (Å²) < 4.78 is 36.7. The van der Waals surface area contributed by atoms with Crippen molar-refractivity contribution in [2.45, 2.75) is 6.61 Å². The fraction of sp³-hybridized carbons (Fsp3) is 0.0625. The topological polar surface area (TPSA) is 76.8 Å². The molecule has 0 bridgehead atoms. The van der Waals surface area contributed by atoms with Gasteiger partial charge in [0.15, 0.2) is 18.2 Å². The van der Waals surface area contributed by atoms with Crippen molar-refractivity contribution in [2.24, 2.45) is 0 Å². The molecule has 2 aromatic heterocycles. The van der Waals surface area contributed by atoms with E-state index in [0.29, 0.717) is 5.82 Å². The van der Waals surface area contributed by atoms with Crippen molar-refractivity contribution in [1.82, 2.24) is 20.1 Å². The maximum absolute atomic E-state index is 13.5. The fourth-order valence-electron chi connectivity index (χ4n) is 2.24. The number of aromatic nitrogens is 4. The van der Waals surface area contributed by atoms with Crippen LogP contribution >= 0.6 is 0 Å². The number of hydrogen-bond acceptors (Lipinski definition) is 5. The van der Waals surface area contributed by atoms with Gasteiger partial charge in [0.25, 0.3) is 5.89 Å². The van der Waals surface area contributed by atoms with Crippen LogP contribution in [0.1, 0.15) is 5.89 Å². The molecular weight excluding hydrogens is 318 g/mol. The van der Waals surface area contributed by atoms with E-state index in [0.717, 1.165) is 28.7 Å². The summed E-state index contributed by atoms with van der Waals surface area (Å²) in [5.74, 6) is -0.994. The molecule has 0 atom stereocenters. The Morgan fingerprint density at radius 1 is 1.12 bits per heavy atom. The SMILES string of the molecule is Fc1ccc(OCc2nc(-c3ccc4nc[nH]c4c3)no2)c(F)c1.